The molecular weight excluding hydrogens is 223 g/mol. The smallest absolute Gasteiger partial charge is 0.268 e. The summed E-state index contributed by atoms with van der Waals surface area (Å²) in [6.07, 6.45) is 5.60. The Labute approximate surface area is 85.5 Å². The van der Waals surface area contributed by atoms with Gasteiger partial charge in [-0.2, -0.15) is 8.42 Å². The summed E-state index contributed by atoms with van der Waals surface area (Å²) < 4.78 is 37.8. The summed E-state index contributed by atoms with van der Waals surface area (Å²) in [6.45, 7) is 3.02. The maximum atomic E-state index is 11.2. The topological polar surface area (TPSA) is 60.4 Å². The van der Waals surface area contributed by atoms with E-state index in [-0.39, 0.29) is 12.4 Å². The molecule has 0 atom stereocenters. The third kappa shape index (κ3) is 8.31. The van der Waals surface area contributed by atoms with Crippen molar-refractivity contribution in [3.8, 4) is 12.3 Å². The van der Waals surface area contributed by atoms with Crippen LogP contribution in [0.25, 0.3) is 0 Å². The minimum Gasteiger partial charge on any atom is -0.324 e. The van der Waals surface area contributed by atoms with Crippen LogP contribution >= 0.6 is 7.14 Å². The first-order valence-corrected chi connectivity index (χ1v) is 8.48. The lowest BCUT2D eigenvalue weighted by molar-refractivity contribution is 0.363. The second kappa shape index (κ2) is 5.55. The van der Waals surface area contributed by atoms with Crippen molar-refractivity contribution in [3.05, 3.63) is 0 Å². The minimum absolute atomic E-state index is 0.125. The van der Waals surface area contributed by atoms with Crippen molar-refractivity contribution in [2.24, 2.45) is 0 Å². The van der Waals surface area contributed by atoms with Gasteiger partial charge in [0.15, 0.2) is 0 Å². The van der Waals surface area contributed by atoms with Crippen molar-refractivity contribution in [1.29, 1.82) is 0 Å². The van der Waals surface area contributed by atoms with Gasteiger partial charge in [-0.1, -0.05) is 5.92 Å². The maximum absolute atomic E-state index is 11.2. The first kappa shape index (κ1) is 13.7. The zero-order chi connectivity index (χ0) is 11.2. The summed E-state index contributed by atoms with van der Waals surface area (Å²) in [5, 5.41) is 0. The second-order valence-corrected chi connectivity index (χ2v) is 8.73. The van der Waals surface area contributed by atoms with Crippen LogP contribution < -0.4 is 0 Å². The lowest BCUT2D eigenvalue weighted by atomic mass is 10.6. The van der Waals surface area contributed by atoms with Gasteiger partial charge in [-0.15, -0.1) is 6.42 Å². The Morgan fingerprint density at radius 2 is 2.00 bits per heavy atom. The molecule has 0 rings (SSSR count). The third-order valence-corrected chi connectivity index (χ3v) is 4.07. The van der Waals surface area contributed by atoms with E-state index in [2.05, 4.69) is 10.1 Å². The standard InChI is InChI=1S/C8H15O4PS/c1-4-6-12-14(10,11)8-5-7-13(2,3)9/h1H,5-8H2,2-3H3. The van der Waals surface area contributed by atoms with Crippen molar-refractivity contribution >= 4 is 17.3 Å². The fourth-order valence-electron chi connectivity index (χ4n) is 0.805. The van der Waals surface area contributed by atoms with Crippen molar-refractivity contribution in [1.82, 2.24) is 0 Å². The number of hydrogen-bond acceptors (Lipinski definition) is 4. The van der Waals surface area contributed by atoms with Gasteiger partial charge in [0, 0.05) is 6.16 Å². The van der Waals surface area contributed by atoms with Gasteiger partial charge in [-0.05, 0) is 19.8 Å². The highest BCUT2D eigenvalue weighted by atomic mass is 32.2. The largest absolute Gasteiger partial charge is 0.324 e. The van der Waals surface area contributed by atoms with Crippen molar-refractivity contribution < 1.29 is 17.2 Å². The van der Waals surface area contributed by atoms with Gasteiger partial charge in [0.1, 0.15) is 6.61 Å². The van der Waals surface area contributed by atoms with E-state index in [0.717, 1.165) is 0 Å². The molecule has 14 heavy (non-hydrogen) atoms. The Hall–Kier alpha value is -0.300. The molecular formula is C8H15O4PS. The van der Waals surface area contributed by atoms with E-state index in [9.17, 15) is 13.0 Å². The quantitative estimate of drug-likeness (QED) is 0.393. The first-order valence-electron chi connectivity index (χ1n) is 4.11. The molecule has 0 aliphatic rings. The molecule has 0 heterocycles. The van der Waals surface area contributed by atoms with Crippen LogP contribution in [0.2, 0.25) is 0 Å². The van der Waals surface area contributed by atoms with Gasteiger partial charge in [0.05, 0.1) is 12.9 Å². The van der Waals surface area contributed by atoms with Gasteiger partial charge >= 0.3 is 0 Å². The number of terminal acetylenes is 1. The average Bonchev–Trinajstić information content (AvgIpc) is 1.98. The van der Waals surface area contributed by atoms with E-state index in [1.165, 1.54) is 0 Å². The zero-order valence-corrected chi connectivity index (χ0v) is 10.1. The number of hydrogen-bond donors (Lipinski definition) is 0. The molecule has 0 aromatic rings. The summed E-state index contributed by atoms with van der Waals surface area (Å²) in [6, 6.07) is 0. The van der Waals surface area contributed by atoms with E-state index in [0.29, 0.717) is 12.6 Å². The van der Waals surface area contributed by atoms with Crippen LogP contribution in [0, 0.1) is 12.3 Å². The molecule has 0 amide bonds. The van der Waals surface area contributed by atoms with E-state index in [4.69, 9.17) is 6.42 Å². The van der Waals surface area contributed by atoms with Crippen LogP contribution in [-0.4, -0.2) is 40.3 Å². The van der Waals surface area contributed by atoms with Gasteiger partial charge in [-0.25, -0.2) is 0 Å². The molecule has 0 aromatic heterocycles. The van der Waals surface area contributed by atoms with E-state index in [1.807, 2.05) is 0 Å². The highest BCUT2D eigenvalue weighted by molar-refractivity contribution is 7.86. The Balaban J connectivity index is 3.91. The molecule has 0 radical (unpaired) electrons. The van der Waals surface area contributed by atoms with E-state index < -0.39 is 17.3 Å². The summed E-state index contributed by atoms with van der Waals surface area (Å²) >= 11 is 0. The summed E-state index contributed by atoms with van der Waals surface area (Å²) in [4.78, 5) is 0. The van der Waals surface area contributed by atoms with Crippen LogP contribution in [-0.2, 0) is 18.9 Å². The molecule has 0 saturated heterocycles. The van der Waals surface area contributed by atoms with Crippen LogP contribution in [0.15, 0.2) is 0 Å². The molecule has 0 fully saturated rings. The predicted molar refractivity (Wildman–Crippen MR) is 57.5 cm³/mol. The first-order chi connectivity index (χ1) is 6.27. The molecule has 82 valence electrons. The SMILES string of the molecule is C#CCOS(=O)(=O)CCCP(C)(C)=O. The van der Waals surface area contributed by atoms with E-state index >= 15 is 0 Å². The van der Waals surface area contributed by atoms with Crippen molar-refractivity contribution in [2.75, 3.05) is 31.9 Å². The fraction of sp³-hybridized carbons (Fsp3) is 0.750. The molecule has 0 saturated carbocycles. The summed E-state index contributed by atoms with van der Waals surface area (Å²) in [7, 11) is -5.67. The normalized spacial score (nSPS) is 12.4. The summed E-state index contributed by atoms with van der Waals surface area (Å²) in [5.74, 6) is 1.95. The van der Waals surface area contributed by atoms with Gasteiger partial charge < -0.3 is 4.57 Å². The lowest BCUT2D eigenvalue weighted by Gasteiger charge is -2.06. The summed E-state index contributed by atoms with van der Waals surface area (Å²) in [5.41, 5.74) is 0. The zero-order valence-electron chi connectivity index (χ0n) is 8.39. The van der Waals surface area contributed by atoms with Gasteiger partial charge in [0.2, 0.25) is 0 Å². The van der Waals surface area contributed by atoms with Crippen LogP contribution in [0.1, 0.15) is 6.42 Å². The van der Waals surface area contributed by atoms with Gasteiger partial charge in [-0.3, -0.25) is 4.18 Å². The molecule has 0 aliphatic heterocycles. The Morgan fingerprint density at radius 3 is 2.43 bits per heavy atom. The highest BCUT2D eigenvalue weighted by Crippen LogP contribution is 2.36. The second-order valence-electron chi connectivity index (χ2n) is 3.38. The lowest BCUT2D eigenvalue weighted by Crippen LogP contribution is -2.11. The molecule has 0 spiro atoms. The molecule has 0 aliphatic carbocycles. The minimum atomic E-state index is -3.53. The molecule has 6 heteroatoms. The van der Waals surface area contributed by atoms with Crippen LogP contribution in [0.5, 0.6) is 0 Å². The van der Waals surface area contributed by atoms with Crippen molar-refractivity contribution in [2.45, 2.75) is 6.42 Å². The Morgan fingerprint density at radius 1 is 1.43 bits per heavy atom. The van der Waals surface area contributed by atoms with Crippen LogP contribution in [0.4, 0.5) is 0 Å². The van der Waals surface area contributed by atoms with Crippen molar-refractivity contribution in [3.63, 3.8) is 0 Å². The fourth-order valence-corrected chi connectivity index (χ4v) is 2.80. The molecule has 0 N–H and O–H groups in total. The monoisotopic (exact) mass is 238 g/mol. The molecule has 4 nitrogen and oxygen atoms in total. The van der Waals surface area contributed by atoms with Crippen LogP contribution in [0.3, 0.4) is 0 Å². The molecule has 0 bridgehead atoms. The number of rotatable bonds is 6. The average molecular weight is 238 g/mol. The predicted octanol–water partition coefficient (Wildman–Crippen LogP) is 0.979. The third-order valence-electron chi connectivity index (χ3n) is 1.41. The van der Waals surface area contributed by atoms with Gasteiger partial charge in [0.25, 0.3) is 10.1 Å². The van der Waals surface area contributed by atoms with E-state index in [1.54, 1.807) is 13.3 Å². The Bertz CT molecular complexity index is 346. The molecule has 0 aromatic carbocycles. The highest BCUT2D eigenvalue weighted by Gasteiger charge is 2.13. The Kier molecular flexibility index (Phi) is 5.43. The molecule has 0 unspecified atom stereocenters. The maximum Gasteiger partial charge on any atom is 0.268 e.